The first-order valence-corrected chi connectivity index (χ1v) is 9.63. The lowest BCUT2D eigenvalue weighted by Crippen LogP contribution is -2.20. The van der Waals surface area contributed by atoms with Crippen LogP contribution in [0, 0.1) is 5.92 Å². The Kier molecular flexibility index (Phi) is 6.80. The molecule has 0 fully saturated rings. The maximum absolute atomic E-state index is 13.2. The molecule has 0 saturated carbocycles. The largest absolute Gasteiger partial charge is 0.489 e. The van der Waals surface area contributed by atoms with Crippen LogP contribution in [-0.4, -0.2) is 16.9 Å². The monoisotopic (exact) mass is 388 g/mol. The number of benzene rings is 3. The van der Waals surface area contributed by atoms with Gasteiger partial charge in [-0.05, 0) is 41.8 Å². The molecule has 0 aliphatic carbocycles. The van der Waals surface area contributed by atoms with Crippen molar-refractivity contribution in [3.8, 4) is 5.75 Å². The van der Waals surface area contributed by atoms with Gasteiger partial charge in [0.05, 0.1) is 5.92 Å². The molecule has 29 heavy (non-hydrogen) atoms. The Bertz CT molecular complexity index is 934. The van der Waals surface area contributed by atoms with Crippen molar-refractivity contribution in [2.45, 2.75) is 25.9 Å². The lowest BCUT2D eigenvalue weighted by atomic mass is 9.84. The zero-order valence-corrected chi connectivity index (χ0v) is 16.3. The van der Waals surface area contributed by atoms with Gasteiger partial charge >= 0.3 is 5.97 Å². The van der Waals surface area contributed by atoms with Crippen LogP contribution >= 0.6 is 0 Å². The topological polar surface area (TPSA) is 63.6 Å². The van der Waals surface area contributed by atoms with Crippen LogP contribution in [-0.2, 0) is 11.4 Å². The van der Waals surface area contributed by atoms with Gasteiger partial charge in [-0.3, -0.25) is 9.59 Å². The fourth-order valence-corrected chi connectivity index (χ4v) is 3.19. The number of carbonyl (C=O) groups is 2. The number of carbonyl (C=O) groups excluding carboxylic acids is 1. The summed E-state index contributed by atoms with van der Waals surface area (Å²) in [5.74, 6) is -1.42. The van der Waals surface area contributed by atoms with Gasteiger partial charge in [0.1, 0.15) is 12.4 Å². The quantitative estimate of drug-likeness (QED) is 0.502. The second-order valence-electron chi connectivity index (χ2n) is 7.10. The molecule has 3 aromatic rings. The fraction of sp³-hybridized carbons (Fsp3) is 0.200. The van der Waals surface area contributed by atoms with Crippen LogP contribution in [0.1, 0.15) is 40.7 Å². The molecule has 3 rings (SSSR count). The summed E-state index contributed by atoms with van der Waals surface area (Å²) in [4.78, 5) is 24.5. The Labute approximate surface area is 170 Å². The molecule has 0 radical (unpaired) electrons. The Hall–Kier alpha value is -3.40. The molecule has 0 spiro atoms. The third-order valence-corrected chi connectivity index (χ3v) is 4.92. The van der Waals surface area contributed by atoms with Gasteiger partial charge in [0.25, 0.3) is 0 Å². The Morgan fingerprint density at radius 1 is 0.862 bits per heavy atom. The molecule has 3 aromatic carbocycles. The lowest BCUT2D eigenvalue weighted by molar-refractivity contribution is -0.141. The van der Waals surface area contributed by atoms with E-state index in [2.05, 4.69) is 0 Å². The van der Waals surface area contributed by atoms with Gasteiger partial charge in [0.15, 0.2) is 5.78 Å². The van der Waals surface area contributed by atoms with Crippen molar-refractivity contribution in [3.63, 3.8) is 0 Å². The molecule has 0 heterocycles. The normalized spacial score (nSPS) is 12.7. The minimum absolute atomic E-state index is 0.0843. The smallest absolute Gasteiger partial charge is 0.306 e. The van der Waals surface area contributed by atoms with Crippen LogP contribution in [0.5, 0.6) is 5.75 Å². The van der Waals surface area contributed by atoms with Crippen molar-refractivity contribution in [2.24, 2.45) is 5.92 Å². The van der Waals surface area contributed by atoms with Crippen LogP contribution in [0.4, 0.5) is 0 Å². The summed E-state index contributed by atoms with van der Waals surface area (Å²) in [6, 6.07) is 26.2. The molecule has 2 unspecified atom stereocenters. The zero-order chi connectivity index (χ0) is 20.6. The average Bonchev–Trinajstić information content (AvgIpc) is 2.77. The van der Waals surface area contributed by atoms with E-state index < -0.39 is 17.8 Å². The van der Waals surface area contributed by atoms with Gasteiger partial charge in [-0.25, -0.2) is 0 Å². The van der Waals surface area contributed by atoms with Gasteiger partial charge in [-0.2, -0.15) is 0 Å². The van der Waals surface area contributed by atoms with Gasteiger partial charge in [0.2, 0.25) is 0 Å². The van der Waals surface area contributed by atoms with Crippen LogP contribution in [0.15, 0.2) is 84.9 Å². The van der Waals surface area contributed by atoms with Gasteiger partial charge in [-0.15, -0.1) is 0 Å². The molecule has 0 bridgehead atoms. The number of carboxylic acids is 1. The SMILES string of the molecule is CC(CC(C(=O)c1ccc(OCc2ccccc2)cc1)c1ccccc1)C(=O)O. The lowest BCUT2D eigenvalue weighted by Gasteiger charge is -2.19. The highest BCUT2D eigenvalue weighted by Crippen LogP contribution is 2.29. The van der Waals surface area contributed by atoms with Crippen molar-refractivity contribution in [1.29, 1.82) is 0 Å². The summed E-state index contributed by atoms with van der Waals surface area (Å²) in [7, 11) is 0. The van der Waals surface area contributed by atoms with Crippen LogP contribution in [0.2, 0.25) is 0 Å². The Morgan fingerprint density at radius 2 is 1.45 bits per heavy atom. The molecule has 1 N–H and O–H groups in total. The first-order valence-electron chi connectivity index (χ1n) is 9.63. The number of rotatable bonds is 9. The average molecular weight is 388 g/mol. The van der Waals surface area contributed by atoms with Crippen LogP contribution in [0.25, 0.3) is 0 Å². The molecular formula is C25H24O4. The number of hydrogen-bond donors (Lipinski definition) is 1. The number of aliphatic carboxylic acids is 1. The van der Waals surface area contributed by atoms with Crippen molar-refractivity contribution < 1.29 is 19.4 Å². The molecule has 0 aromatic heterocycles. The van der Waals surface area contributed by atoms with Gasteiger partial charge in [0, 0.05) is 11.5 Å². The van der Waals surface area contributed by atoms with E-state index in [0.29, 0.717) is 17.9 Å². The maximum atomic E-state index is 13.2. The predicted molar refractivity (Wildman–Crippen MR) is 112 cm³/mol. The van der Waals surface area contributed by atoms with Crippen molar-refractivity contribution in [2.75, 3.05) is 0 Å². The highest BCUT2D eigenvalue weighted by Gasteiger charge is 2.26. The fourth-order valence-electron chi connectivity index (χ4n) is 3.19. The summed E-state index contributed by atoms with van der Waals surface area (Å²) in [5, 5.41) is 9.29. The van der Waals surface area contributed by atoms with E-state index >= 15 is 0 Å². The maximum Gasteiger partial charge on any atom is 0.306 e. The summed E-state index contributed by atoms with van der Waals surface area (Å²) in [5.41, 5.74) is 2.44. The Balaban J connectivity index is 1.74. The van der Waals surface area contributed by atoms with Crippen molar-refractivity contribution in [3.05, 3.63) is 102 Å². The first-order chi connectivity index (χ1) is 14.0. The second-order valence-corrected chi connectivity index (χ2v) is 7.10. The first kappa shape index (κ1) is 20.3. The highest BCUT2D eigenvalue weighted by atomic mass is 16.5. The molecule has 0 aliphatic heterocycles. The minimum Gasteiger partial charge on any atom is -0.489 e. The number of ether oxygens (including phenoxy) is 1. The number of ketones is 1. The molecule has 0 saturated heterocycles. The molecule has 2 atom stereocenters. The van der Waals surface area contributed by atoms with E-state index in [-0.39, 0.29) is 12.2 Å². The second kappa shape index (κ2) is 9.69. The van der Waals surface area contributed by atoms with E-state index in [9.17, 15) is 14.7 Å². The summed E-state index contributed by atoms with van der Waals surface area (Å²) in [6.45, 7) is 2.09. The number of Topliss-reactive ketones (excluding diaryl/α,β-unsaturated/α-hetero) is 1. The van der Waals surface area contributed by atoms with E-state index in [1.807, 2.05) is 60.7 Å². The van der Waals surface area contributed by atoms with E-state index in [0.717, 1.165) is 11.1 Å². The molecule has 0 amide bonds. The Morgan fingerprint density at radius 3 is 2.03 bits per heavy atom. The van der Waals surface area contributed by atoms with Crippen molar-refractivity contribution in [1.82, 2.24) is 0 Å². The van der Waals surface area contributed by atoms with Crippen LogP contribution < -0.4 is 4.74 Å². The van der Waals surface area contributed by atoms with E-state index in [4.69, 9.17) is 4.74 Å². The molecule has 4 heteroatoms. The summed E-state index contributed by atoms with van der Waals surface area (Å²) >= 11 is 0. The standard InChI is InChI=1S/C25H24O4/c1-18(25(27)28)16-23(20-10-6-3-7-11-20)24(26)21-12-14-22(15-13-21)29-17-19-8-4-2-5-9-19/h2-15,18,23H,16-17H2,1H3,(H,27,28). The van der Waals surface area contributed by atoms with Gasteiger partial charge < -0.3 is 9.84 Å². The molecule has 148 valence electrons. The molecular weight excluding hydrogens is 364 g/mol. The number of carboxylic acid groups (broad SMARTS) is 1. The third kappa shape index (κ3) is 5.55. The third-order valence-electron chi connectivity index (χ3n) is 4.92. The molecule has 0 aliphatic rings. The minimum atomic E-state index is -0.900. The summed E-state index contributed by atoms with van der Waals surface area (Å²) in [6.07, 6.45) is 0.254. The van der Waals surface area contributed by atoms with Crippen LogP contribution in [0.3, 0.4) is 0 Å². The van der Waals surface area contributed by atoms with Crippen molar-refractivity contribution >= 4 is 11.8 Å². The predicted octanol–water partition coefficient (Wildman–Crippen LogP) is 5.34. The number of hydrogen-bond acceptors (Lipinski definition) is 3. The molecule has 4 nitrogen and oxygen atoms in total. The summed E-state index contributed by atoms with van der Waals surface area (Å²) < 4.78 is 5.78. The van der Waals surface area contributed by atoms with Gasteiger partial charge in [-0.1, -0.05) is 67.6 Å². The van der Waals surface area contributed by atoms with E-state index in [1.54, 1.807) is 31.2 Å². The zero-order valence-electron chi connectivity index (χ0n) is 16.3. The van der Waals surface area contributed by atoms with E-state index in [1.165, 1.54) is 0 Å². The highest BCUT2D eigenvalue weighted by molar-refractivity contribution is 6.01.